The third kappa shape index (κ3) is 4.51. The Bertz CT molecular complexity index is 1240. The highest BCUT2D eigenvalue weighted by atomic mass is 31.0. The van der Waals surface area contributed by atoms with Crippen molar-refractivity contribution in [3.8, 4) is 5.75 Å². The van der Waals surface area contributed by atoms with Crippen LogP contribution in [-0.2, 0) is 6.54 Å². The summed E-state index contributed by atoms with van der Waals surface area (Å²) in [6.07, 6.45) is 2.88. The maximum absolute atomic E-state index is 14.8. The number of aromatic hydroxyl groups is 1. The number of halogens is 2. The molecule has 3 heterocycles. The van der Waals surface area contributed by atoms with Crippen molar-refractivity contribution < 1.29 is 23.5 Å². The highest BCUT2D eigenvalue weighted by Gasteiger charge is 2.47. The third-order valence-corrected chi connectivity index (χ3v) is 7.25. The number of pyridine rings is 1. The Balaban J connectivity index is 1.72. The fourth-order valence-corrected chi connectivity index (χ4v) is 4.78. The Morgan fingerprint density at radius 3 is 2.71 bits per heavy atom. The molecule has 2 aliphatic rings. The van der Waals surface area contributed by atoms with Crippen LogP contribution in [0.4, 0.5) is 8.78 Å². The molecule has 11 heteroatoms. The number of carbonyl (C=O) groups excluding carboxylic acids is 2. The summed E-state index contributed by atoms with van der Waals surface area (Å²) in [6.45, 7) is 4.98. The Morgan fingerprint density at radius 1 is 1.34 bits per heavy atom. The second-order valence-electron chi connectivity index (χ2n) is 9.37. The van der Waals surface area contributed by atoms with Crippen LogP contribution in [0.2, 0.25) is 0 Å². The summed E-state index contributed by atoms with van der Waals surface area (Å²) in [7, 11) is 2.09. The van der Waals surface area contributed by atoms with Crippen LogP contribution < -0.4 is 15.8 Å². The Kier molecular flexibility index (Phi) is 6.62. The average molecular weight is 506 g/mol. The number of rotatable bonds is 5. The van der Waals surface area contributed by atoms with Crippen molar-refractivity contribution in [2.24, 2.45) is 0 Å². The van der Waals surface area contributed by atoms with E-state index in [4.69, 9.17) is 0 Å². The van der Waals surface area contributed by atoms with Crippen LogP contribution in [0.3, 0.4) is 0 Å². The molecule has 4 rings (SSSR count). The fourth-order valence-electron chi connectivity index (χ4n) is 4.62. The van der Waals surface area contributed by atoms with Crippen molar-refractivity contribution in [1.82, 2.24) is 14.9 Å². The Labute approximate surface area is 204 Å². The third-order valence-electron chi connectivity index (χ3n) is 6.77. The molecule has 1 fully saturated rings. The number of benzene rings is 1. The molecule has 0 saturated carbocycles. The number of alkyl halides is 1. The van der Waals surface area contributed by atoms with Gasteiger partial charge in [0.05, 0.1) is 6.04 Å². The van der Waals surface area contributed by atoms with Crippen LogP contribution in [0.15, 0.2) is 29.2 Å². The average Bonchev–Trinajstić information content (AvgIpc) is 2.79. The van der Waals surface area contributed by atoms with Gasteiger partial charge in [-0.3, -0.25) is 24.1 Å². The lowest BCUT2D eigenvalue weighted by molar-refractivity contribution is 0.0222. The van der Waals surface area contributed by atoms with E-state index in [9.17, 15) is 28.3 Å². The summed E-state index contributed by atoms with van der Waals surface area (Å²) in [6, 6.07) is 3.73. The number of aromatic nitrogens is 1. The topological polar surface area (TPSA) is 94.9 Å². The van der Waals surface area contributed by atoms with Gasteiger partial charge in [0.25, 0.3) is 11.8 Å². The van der Waals surface area contributed by atoms with E-state index in [1.807, 2.05) is 0 Å². The fraction of sp³-hybridized carbons (Fsp3) is 0.458. The number of hydrogen-bond donors (Lipinski definition) is 2. The van der Waals surface area contributed by atoms with Crippen molar-refractivity contribution in [3.63, 3.8) is 0 Å². The summed E-state index contributed by atoms with van der Waals surface area (Å²) < 4.78 is 30.3. The second-order valence-corrected chi connectivity index (χ2v) is 10.5. The summed E-state index contributed by atoms with van der Waals surface area (Å²) >= 11 is 0. The normalized spacial score (nSPS) is 20.1. The molecule has 2 N–H and O–H groups in total. The van der Waals surface area contributed by atoms with Crippen molar-refractivity contribution in [2.75, 3.05) is 11.6 Å². The van der Waals surface area contributed by atoms with Gasteiger partial charge in [0, 0.05) is 24.8 Å². The number of nitrogens with zero attached hydrogens (tertiary/aromatic N) is 3. The first-order chi connectivity index (χ1) is 16.4. The first-order valence-electron chi connectivity index (χ1n) is 11.5. The molecule has 0 bridgehead atoms. The smallest absolute Gasteiger partial charge is 0.278 e. The molecule has 35 heavy (non-hydrogen) atoms. The molecule has 1 aromatic heterocycles. The molecule has 8 nitrogen and oxygen atoms in total. The summed E-state index contributed by atoms with van der Waals surface area (Å²) in [5.41, 5.74) is -0.735. The molecule has 1 saturated heterocycles. The molecule has 2 aromatic rings. The lowest BCUT2D eigenvalue weighted by atomic mass is 10.0. The lowest BCUT2D eigenvalue weighted by Gasteiger charge is -2.52. The molecular formula is C24H29F2N4O4P. The number of aryl methyl sites for hydroxylation is 1. The predicted molar refractivity (Wildman–Crippen MR) is 130 cm³/mol. The Morgan fingerprint density at radius 2 is 2.06 bits per heavy atom. The quantitative estimate of drug-likeness (QED) is 0.609. The number of piperidine rings is 1. The minimum atomic E-state index is -1.80. The zero-order chi connectivity index (χ0) is 25.7. The van der Waals surface area contributed by atoms with Gasteiger partial charge in [-0.1, -0.05) is 21.4 Å². The molecular weight excluding hydrogens is 477 g/mol. The molecule has 2 amide bonds. The van der Waals surface area contributed by atoms with E-state index in [0.29, 0.717) is 13.0 Å². The van der Waals surface area contributed by atoms with E-state index in [2.05, 4.69) is 14.6 Å². The minimum Gasteiger partial charge on any atom is -0.502 e. The highest BCUT2D eigenvalue weighted by molar-refractivity contribution is 7.18. The van der Waals surface area contributed by atoms with E-state index in [1.165, 1.54) is 28.8 Å². The highest BCUT2D eigenvalue weighted by Crippen LogP contribution is 2.36. The van der Waals surface area contributed by atoms with Crippen LogP contribution in [0, 0.1) is 12.7 Å². The van der Waals surface area contributed by atoms with Gasteiger partial charge in [-0.05, 0) is 51.7 Å². The van der Waals surface area contributed by atoms with Crippen molar-refractivity contribution in [2.45, 2.75) is 64.2 Å². The number of nitrogens with one attached hydrogen (secondary N) is 1. The van der Waals surface area contributed by atoms with Gasteiger partial charge in [0.1, 0.15) is 23.0 Å². The van der Waals surface area contributed by atoms with Crippen LogP contribution in [0.25, 0.3) is 0 Å². The number of carbonyl (C=O) groups is 2. The molecule has 0 aliphatic carbocycles. The molecule has 0 spiro atoms. The van der Waals surface area contributed by atoms with E-state index >= 15 is 0 Å². The zero-order valence-corrected chi connectivity index (χ0v) is 21.0. The molecule has 2 aliphatic heterocycles. The first-order valence-corrected chi connectivity index (χ1v) is 12.1. The van der Waals surface area contributed by atoms with E-state index in [0.717, 1.165) is 18.4 Å². The summed E-state index contributed by atoms with van der Waals surface area (Å²) in [4.78, 5) is 40.6. The predicted octanol–water partition coefficient (Wildman–Crippen LogP) is 2.78. The molecule has 1 aromatic carbocycles. The summed E-state index contributed by atoms with van der Waals surface area (Å²) in [5, 5.41) is 13.2. The van der Waals surface area contributed by atoms with Gasteiger partial charge in [0.15, 0.2) is 11.4 Å². The number of amides is 2. The monoisotopic (exact) mass is 506 g/mol. The van der Waals surface area contributed by atoms with Crippen molar-refractivity contribution in [3.05, 3.63) is 62.8 Å². The minimum absolute atomic E-state index is 0.160. The summed E-state index contributed by atoms with van der Waals surface area (Å²) in [5.74, 6) is -2.86. The largest absolute Gasteiger partial charge is 0.502 e. The maximum Gasteiger partial charge on any atom is 0.278 e. The molecule has 188 valence electrons. The Hall–Kier alpha value is -3.00. The van der Waals surface area contributed by atoms with Gasteiger partial charge in [0.2, 0.25) is 5.43 Å². The van der Waals surface area contributed by atoms with Gasteiger partial charge in [-0.15, -0.1) is 0 Å². The van der Waals surface area contributed by atoms with E-state index in [1.54, 1.807) is 31.0 Å². The first kappa shape index (κ1) is 25.1. The number of hydrogen-bond acceptors (Lipinski definition) is 5. The molecule has 2 unspecified atom stereocenters. The van der Waals surface area contributed by atoms with E-state index < -0.39 is 46.4 Å². The van der Waals surface area contributed by atoms with Crippen LogP contribution in [-0.4, -0.2) is 50.7 Å². The number of fused-ring (bicyclic) bond motifs is 3. The van der Waals surface area contributed by atoms with E-state index in [-0.39, 0.29) is 23.4 Å². The van der Waals surface area contributed by atoms with Crippen LogP contribution >= 0.6 is 9.24 Å². The van der Waals surface area contributed by atoms with Crippen LogP contribution in [0.5, 0.6) is 5.75 Å². The van der Waals surface area contributed by atoms with Gasteiger partial charge in [-0.25, -0.2) is 8.78 Å². The van der Waals surface area contributed by atoms with Crippen molar-refractivity contribution in [1.29, 1.82) is 0 Å². The van der Waals surface area contributed by atoms with Crippen molar-refractivity contribution >= 4 is 21.1 Å². The molecule has 4 atom stereocenters. The van der Waals surface area contributed by atoms with Gasteiger partial charge < -0.3 is 15.3 Å². The zero-order valence-electron chi connectivity index (χ0n) is 19.8. The van der Waals surface area contributed by atoms with Gasteiger partial charge in [-0.2, -0.15) is 0 Å². The SMILES string of the molecule is Cc1ccc(CNC(=O)c2cn3c(c(O)c2=O)C(=O)N([C@H](C)C(C)(F)P)[C@@H]2CCCCN23)c(F)c1. The lowest BCUT2D eigenvalue weighted by Crippen LogP contribution is -2.66. The standard InChI is InChI=1S/C24H29F2N4O4P/c1-13-7-8-15(17(25)10-13)11-27-22(33)16-12-29-19(21(32)20(16)31)23(34)30(14(2)24(3,26)35)18-6-4-5-9-28(18)29/h7-8,10,12,14,18,32H,4-6,9,11,35H2,1-3H3,(H,27,33)/t14-,18-,24?/m1/s1. The van der Waals surface area contributed by atoms with Gasteiger partial charge >= 0.3 is 0 Å². The van der Waals surface area contributed by atoms with Crippen LogP contribution in [0.1, 0.15) is 65.1 Å². The maximum atomic E-state index is 14.8. The second kappa shape index (κ2) is 9.22. The molecule has 0 radical (unpaired) electrons.